The van der Waals surface area contributed by atoms with E-state index in [0.29, 0.717) is 12.5 Å². The number of piperidine rings is 2. The molecular weight excluding hydrogens is 204 g/mol. The van der Waals surface area contributed by atoms with Crippen LogP contribution in [0.5, 0.6) is 0 Å². The van der Waals surface area contributed by atoms with E-state index in [2.05, 4.69) is 12.2 Å². The van der Waals surface area contributed by atoms with Crippen LogP contribution in [-0.2, 0) is 4.79 Å². The van der Waals surface area contributed by atoms with Gasteiger partial charge in [-0.25, -0.2) is 0 Å². The van der Waals surface area contributed by atoms with Crippen LogP contribution in [0.4, 0.5) is 0 Å². The maximum absolute atomic E-state index is 12.3. The Balaban J connectivity index is 1.94. The number of nitrogens with zero attached hydrogens (tertiary/aromatic N) is 1. The highest BCUT2D eigenvalue weighted by Crippen LogP contribution is 2.19. The van der Waals surface area contributed by atoms with E-state index in [1.807, 2.05) is 4.90 Å². The summed E-state index contributed by atoms with van der Waals surface area (Å²) in [7, 11) is 0. The summed E-state index contributed by atoms with van der Waals surface area (Å²) in [5.74, 6) is 0.603. The minimum atomic E-state index is -0.323. The van der Waals surface area contributed by atoms with E-state index in [9.17, 15) is 9.90 Å². The summed E-state index contributed by atoms with van der Waals surface area (Å²) in [6.45, 7) is 4.40. The van der Waals surface area contributed by atoms with Gasteiger partial charge >= 0.3 is 0 Å². The highest BCUT2D eigenvalue weighted by molar-refractivity contribution is 5.82. The van der Waals surface area contributed by atoms with Gasteiger partial charge in [0, 0.05) is 13.1 Å². The van der Waals surface area contributed by atoms with Crippen molar-refractivity contribution in [3.8, 4) is 0 Å². The van der Waals surface area contributed by atoms with Crippen molar-refractivity contribution in [3.63, 3.8) is 0 Å². The Morgan fingerprint density at radius 2 is 2.19 bits per heavy atom. The predicted molar refractivity (Wildman–Crippen MR) is 62.0 cm³/mol. The lowest BCUT2D eigenvalue weighted by molar-refractivity contribution is -0.138. The fraction of sp³-hybridized carbons (Fsp3) is 0.917. The molecule has 16 heavy (non-hydrogen) atoms. The van der Waals surface area contributed by atoms with Gasteiger partial charge < -0.3 is 15.3 Å². The molecule has 0 aromatic carbocycles. The molecule has 2 saturated heterocycles. The molecule has 0 bridgehead atoms. The number of likely N-dealkylation sites (tertiary alicyclic amines) is 1. The second kappa shape index (κ2) is 5.15. The number of amides is 1. The molecule has 2 fully saturated rings. The van der Waals surface area contributed by atoms with E-state index in [4.69, 9.17) is 0 Å². The standard InChI is InChI=1S/C12H22N2O2/c1-9-4-2-6-13-11(9)12(16)14-7-3-5-10(15)8-14/h9-11,13,15H,2-8H2,1H3. The van der Waals surface area contributed by atoms with Crippen molar-refractivity contribution in [1.82, 2.24) is 10.2 Å². The summed E-state index contributed by atoms with van der Waals surface area (Å²) >= 11 is 0. The van der Waals surface area contributed by atoms with Gasteiger partial charge in [-0.15, -0.1) is 0 Å². The second-order valence-corrected chi connectivity index (χ2v) is 5.13. The third kappa shape index (κ3) is 2.55. The first kappa shape index (κ1) is 11.9. The number of carbonyl (C=O) groups excluding carboxylic acids is 1. The van der Waals surface area contributed by atoms with Gasteiger partial charge in [-0.05, 0) is 38.1 Å². The van der Waals surface area contributed by atoms with Crippen molar-refractivity contribution in [2.75, 3.05) is 19.6 Å². The van der Waals surface area contributed by atoms with Gasteiger partial charge in [0.2, 0.25) is 5.91 Å². The Kier molecular flexibility index (Phi) is 3.82. The average Bonchev–Trinajstić information content (AvgIpc) is 2.29. The zero-order chi connectivity index (χ0) is 11.5. The lowest BCUT2D eigenvalue weighted by Gasteiger charge is -2.36. The number of hydrogen-bond acceptors (Lipinski definition) is 3. The van der Waals surface area contributed by atoms with Crippen molar-refractivity contribution < 1.29 is 9.90 Å². The van der Waals surface area contributed by atoms with Crippen LogP contribution in [0.25, 0.3) is 0 Å². The molecular formula is C12H22N2O2. The number of aliphatic hydroxyl groups is 1. The molecule has 4 heteroatoms. The fourth-order valence-corrected chi connectivity index (χ4v) is 2.73. The minimum absolute atomic E-state index is 0.0287. The van der Waals surface area contributed by atoms with Crippen molar-refractivity contribution in [3.05, 3.63) is 0 Å². The van der Waals surface area contributed by atoms with Gasteiger partial charge in [-0.3, -0.25) is 4.79 Å². The van der Waals surface area contributed by atoms with E-state index in [-0.39, 0.29) is 18.1 Å². The third-order valence-corrected chi connectivity index (χ3v) is 3.74. The molecule has 2 heterocycles. The normalized spacial score (nSPS) is 36.1. The average molecular weight is 226 g/mol. The summed E-state index contributed by atoms with van der Waals surface area (Å²) in [5.41, 5.74) is 0. The van der Waals surface area contributed by atoms with Crippen LogP contribution in [0, 0.1) is 5.92 Å². The van der Waals surface area contributed by atoms with Gasteiger partial charge in [0.1, 0.15) is 0 Å². The molecule has 2 rings (SSSR count). The smallest absolute Gasteiger partial charge is 0.240 e. The van der Waals surface area contributed by atoms with Crippen LogP contribution in [-0.4, -0.2) is 47.7 Å². The van der Waals surface area contributed by atoms with Gasteiger partial charge in [-0.2, -0.15) is 0 Å². The van der Waals surface area contributed by atoms with Crippen molar-refractivity contribution in [2.24, 2.45) is 5.92 Å². The van der Waals surface area contributed by atoms with Crippen molar-refractivity contribution in [2.45, 2.75) is 44.8 Å². The second-order valence-electron chi connectivity index (χ2n) is 5.13. The zero-order valence-corrected chi connectivity index (χ0v) is 9.98. The monoisotopic (exact) mass is 226 g/mol. The van der Waals surface area contributed by atoms with E-state index >= 15 is 0 Å². The maximum atomic E-state index is 12.3. The summed E-state index contributed by atoms with van der Waals surface area (Å²) in [5, 5.41) is 12.9. The van der Waals surface area contributed by atoms with Crippen LogP contribution in [0.2, 0.25) is 0 Å². The molecule has 3 unspecified atom stereocenters. The Morgan fingerprint density at radius 3 is 2.88 bits per heavy atom. The van der Waals surface area contributed by atoms with Gasteiger partial charge in [-0.1, -0.05) is 6.92 Å². The predicted octanol–water partition coefficient (Wildman–Crippen LogP) is 0.358. The molecule has 0 aromatic rings. The highest BCUT2D eigenvalue weighted by atomic mass is 16.3. The van der Waals surface area contributed by atoms with Crippen LogP contribution in [0.15, 0.2) is 0 Å². The molecule has 4 nitrogen and oxygen atoms in total. The Labute approximate surface area is 97.0 Å². The molecule has 1 amide bonds. The van der Waals surface area contributed by atoms with Gasteiger partial charge in [0.05, 0.1) is 12.1 Å². The lowest BCUT2D eigenvalue weighted by atomic mass is 9.91. The number of rotatable bonds is 1. The summed E-state index contributed by atoms with van der Waals surface area (Å²) < 4.78 is 0. The van der Waals surface area contributed by atoms with Gasteiger partial charge in [0.25, 0.3) is 0 Å². The van der Waals surface area contributed by atoms with Crippen LogP contribution in [0.1, 0.15) is 32.6 Å². The number of nitrogens with one attached hydrogen (secondary N) is 1. The Hall–Kier alpha value is -0.610. The molecule has 0 aliphatic carbocycles. The summed E-state index contributed by atoms with van der Waals surface area (Å²) in [6.07, 6.45) is 3.72. The maximum Gasteiger partial charge on any atom is 0.240 e. The number of carbonyl (C=O) groups is 1. The van der Waals surface area contributed by atoms with Gasteiger partial charge in [0.15, 0.2) is 0 Å². The zero-order valence-electron chi connectivity index (χ0n) is 9.98. The Bertz CT molecular complexity index is 257. The van der Waals surface area contributed by atoms with Crippen LogP contribution < -0.4 is 5.32 Å². The molecule has 0 saturated carbocycles. The first-order valence-electron chi connectivity index (χ1n) is 6.38. The van der Waals surface area contributed by atoms with Crippen LogP contribution >= 0.6 is 0 Å². The SMILES string of the molecule is CC1CCCNC1C(=O)N1CCCC(O)C1. The topological polar surface area (TPSA) is 52.6 Å². The van der Waals surface area contributed by atoms with E-state index in [0.717, 1.165) is 38.8 Å². The highest BCUT2D eigenvalue weighted by Gasteiger charge is 2.32. The van der Waals surface area contributed by atoms with E-state index in [1.54, 1.807) is 0 Å². The fourth-order valence-electron chi connectivity index (χ4n) is 2.73. The quantitative estimate of drug-likeness (QED) is 0.678. The first-order valence-corrected chi connectivity index (χ1v) is 6.38. The lowest BCUT2D eigenvalue weighted by Crippen LogP contribution is -2.55. The van der Waals surface area contributed by atoms with E-state index < -0.39 is 0 Å². The van der Waals surface area contributed by atoms with E-state index in [1.165, 1.54) is 0 Å². The van der Waals surface area contributed by atoms with Crippen LogP contribution in [0.3, 0.4) is 0 Å². The summed E-state index contributed by atoms with van der Waals surface area (Å²) in [6, 6.07) is -0.0287. The molecule has 0 radical (unpaired) electrons. The molecule has 2 aliphatic heterocycles. The molecule has 3 atom stereocenters. The van der Waals surface area contributed by atoms with Crippen molar-refractivity contribution in [1.29, 1.82) is 0 Å². The summed E-state index contributed by atoms with van der Waals surface area (Å²) in [4.78, 5) is 14.1. The number of β-amino-alcohol motifs (C(OH)–C–C–N with tert-alkyl or cyclic N) is 1. The number of hydrogen-bond donors (Lipinski definition) is 2. The minimum Gasteiger partial charge on any atom is -0.391 e. The molecule has 2 N–H and O–H groups in total. The first-order chi connectivity index (χ1) is 7.68. The molecule has 0 aromatic heterocycles. The largest absolute Gasteiger partial charge is 0.391 e. The molecule has 2 aliphatic rings. The number of aliphatic hydroxyl groups excluding tert-OH is 1. The Morgan fingerprint density at radius 1 is 1.38 bits per heavy atom. The third-order valence-electron chi connectivity index (χ3n) is 3.74. The van der Waals surface area contributed by atoms with Crippen molar-refractivity contribution >= 4 is 5.91 Å². The molecule has 92 valence electrons. The molecule has 0 spiro atoms.